The highest BCUT2D eigenvalue weighted by molar-refractivity contribution is 7.12. The molecule has 0 saturated heterocycles. The van der Waals surface area contributed by atoms with Crippen LogP contribution < -0.4 is 5.32 Å². The van der Waals surface area contributed by atoms with Crippen molar-refractivity contribution < 1.29 is 9.90 Å². The van der Waals surface area contributed by atoms with Gasteiger partial charge in [-0.1, -0.05) is 16.3 Å². The van der Waals surface area contributed by atoms with Crippen molar-refractivity contribution in [1.29, 1.82) is 0 Å². The van der Waals surface area contributed by atoms with E-state index in [1.165, 1.54) is 11.3 Å². The fraction of sp³-hybridized carbons (Fsp3) is 0.182. The Balaban J connectivity index is 1.90. The zero-order valence-electron chi connectivity index (χ0n) is 9.21. The van der Waals surface area contributed by atoms with Gasteiger partial charge in [0.1, 0.15) is 6.61 Å². The Morgan fingerprint density at radius 2 is 2.39 bits per heavy atom. The van der Waals surface area contributed by atoms with Crippen LogP contribution in [-0.2, 0) is 6.54 Å². The van der Waals surface area contributed by atoms with E-state index in [0.717, 1.165) is 21.3 Å². The molecule has 0 bridgehead atoms. The number of thiophene rings is 1. The Bertz CT molecular complexity index is 581. The number of hydrogen-bond acceptors (Lipinski definition) is 6. The zero-order chi connectivity index (χ0) is 12.8. The van der Waals surface area contributed by atoms with Crippen LogP contribution in [0.2, 0.25) is 0 Å². The number of aromatic nitrogens is 2. The Morgan fingerprint density at radius 3 is 3.11 bits per heavy atom. The minimum Gasteiger partial charge on any atom is -0.384 e. The van der Waals surface area contributed by atoms with Gasteiger partial charge in [-0.25, -0.2) is 0 Å². The van der Waals surface area contributed by atoms with Gasteiger partial charge in [0.25, 0.3) is 5.91 Å². The Labute approximate surface area is 112 Å². The number of rotatable bonds is 3. The van der Waals surface area contributed by atoms with Crippen molar-refractivity contribution in [2.24, 2.45) is 0 Å². The first-order valence-corrected chi connectivity index (χ1v) is 6.68. The SMILES string of the molecule is O=C(NCc1ccc(C#CCO)s1)c1csnn1. The molecule has 7 heteroatoms. The normalized spacial score (nSPS) is 9.61. The first-order valence-electron chi connectivity index (χ1n) is 5.03. The third-order valence-corrected chi connectivity index (χ3v) is 3.47. The number of nitrogens with one attached hydrogen (secondary N) is 1. The van der Waals surface area contributed by atoms with E-state index in [-0.39, 0.29) is 12.5 Å². The third-order valence-electron chi connectivity index (χ3n) is 1.97. The van der Waals surface area contributed by atoms with Gasteiger partial charge in [-0.3, -0.25) is 4.79 Å². The van der Waals surface area contributed by atoms with Gasteiger partial charge in [-0.2, -0.15) is 0 Å². The molecular weight excluding hydrogens is 270 g/mol. The molecule has 0 aliphatic rings. The maximum atomic E-state index is 11.6. The zero-order valence-corrected chi connectivity index (χ0v) is 10.8. The summed E-state index contributed by atoms with van der Waals surface area (Å²) in [6, 6.07) is 3.75. The molecule has 0 unspecified atom stereocenters. The van der Waals surface area contributed by atoms with Crippen molar-refractivity contribution in [1.82, 2.24) is 14.9 Å². The van der Waals surface area contributed by atoms with Crippen molar-refractivity contribution in [3.05, 3.63) is 33.0 Å². The van der Waals surface area contributed by atoms with Crippen LogP contribution in [0.15, 0.2) is 17.5 Å². The number of nitrogens with zero attached hydrogens (tertiary/aromatic N) is 2. The first kappa shape index (κ1) is 12.7. The summed E-state index contributed by atoms with van der Waals surface area (Å²) in [4.78, 5) is 13.5. The minimum absolute atomic E-state index is 0.152. The Hall–Kier alpha value is -1.75. The molecule has 0 fully saturated rings. The van der Waals surface area contributed by atoms with Crippen molar-refractivity contribution in [2.75, 3.05) is 6.61 Å². The van der Waals surface area contributed by atoms with Gasteiger partial charge in [0.15, 0.2) is 5.69 Å². The van der Waals surface area contributed by atoms with Crippen molar-refractivity contribution in [3.63, 3.8) is 0 Å². The van der Waals surface area contributed by atoms with Crippen molar-refractivity contribution in [2.45, 2.75) is 6.54 Å². The summed E-state index contributed by atoms with van der Waals surface area (Å²) in [5.41, 5.74) is 0.330. The second-order valence-corrected chi connectivity index (χ2v) is 4.98. The number of aliphatic hydroxyl groups excluding tert-OH is 1. The lowest BCUT2D eigenvalue weighted by atomic mass is 10.4. The maximum Gasteiger partial charge on any atom is 0.273 e. The molecule has 0 aliphatic carbocycles. The van der Waals surface area contributed by atoms with Gasteiger partial charge in [-0.05, 0) is 23.7 Å². The van der Waals surface area contributed by atoms with Crippen LogP contribution in [0.4, 0.5) is 0 Å². The topological polar surface area (TPSA) is 75.1 Å². The number of carbonyl (C=O) groups is 1. The van der Waals surface area contributed by atoms with Gasteiger partial charge in [-0.15, -0.1) is 16.4 Å². The molecule has 0 aromatic carbocycles. The molecule has 0 atom stereocenters. The fourth-order valence-corrected chi connectivity index (χ4v) is 2.45. The lowest BCUT2D eigenvalue weighted by Gasteiger charge is -1.99. The largest absolute Gasteiger partial charge is 0.384 e. The minimum atomic E-state index is -0.236. The van der Waals surface area contributed by atoms with E-state index in [1.54, 1.807) is 5.38 Å². The van der Waals surface area contributed by atoms with E-state index >= 15 is 0 Å². The van der Waals surface area contributed by atoms with Crippen molar-refractivity contribution >= 4 is 28.8 Å². The van der Waals surface area contributed by atoms with Gasteiger partial charge in [0.2, 0.25) is 0 Å². The molecule has 0 radical (unpaired) electrons. The number of carbonyl (C=O) groups excluding carboxylic acids is 1. The average Bonchev–Trinajstić information content (AvgIpc) is 3.04. The standard InChI is InChI=1S/C11H9N3O2S2/c15-5-1-2-8-3-4-9(18-8)6-12-11(16)10-7-17-14-13-10/h3-4,7,15H,5-6H2,(H,12,16). The molecule has 92 valence electrons. The smallest absolute Gasteiger partial charge is 0.273 e. The number of hydrogen-bond donors (Lipinski definition) is 2. The lowest BCUT2D eigenvalue weighted by molar-refractivity contribution is 0.0946. The van der Waals surface area contributed by atoms with Crippen LogP contribution in [0.1, 0.15) is 20.2 Å². The Kier molecular flexibility index (Phi) is 4.41. The van der Waals surface area contributed by atoms with E-state index in [4.69, 9.17) is 5.11 Å². The lowest BCUT2D eigenvalue weighted by Crippen LogP contribution is -2.22. The number of amides is 1. The molecular formula is C11H9N3O2S2. The van der Waals surface area contributed by atoms with Gasteiger partial charge >= 0.3 is 0 Å². The molecule has 5 nitrogen and oxygen atoms in total. The summed E-state index contributed by atoms with van der Waals surface area (Å²) in [5.74, 6) is 5.16. The monoisotopic (exact) mass is 279 g/mol. The molecule has 2 N–H and O–H groups in total. The van der Waals surface area contributed by atoms with Crippen LogP contribution in [0.5, 0.6) is 0 Å². The van der Waals surface area contributed by atoms with Crippen LogP contribution in [-0.4, -0.2) is 27.2 Å². The van der Waals surface area contributed by atoms with E-state index in [2.05, 4.69) is 26.7 Å². The third kappa shape index (κ3) is 3.37. The molecule has 2 rings (SSSR count). The van der Waals surface area contributed by atoms with Crippen LogP contribution in [0.25, 0.3) is 0 Å². The number of aliphatic hydroxyl groups is 1. The summed E-state index contributed by atoms with van der Waals surface area (Å²) in [5, 5.41) is 16.6. The van der Waals surface area contributed by atoms with E-state index < -0.39 is 0 Å². The summed E-state index contributed by atoms with van der Waals surface area (Å²) < 4.78 is 3.63. The highest BCUT2D eigenvalue weighted by Gasteiger charge is 2.08. The molecule has 0 aliphatic heterocycles. The van der Waals surface area contributed by atoms with Crippen LogP contribution in [0.3, 0.4) is 0 Å². The average molecular weight is 279 g/mol. The summed E-state index contributed by atoms with van der Waals surface area (Å²) in [6.07, 6.45) is 0. The summed E-state index contributed by atoms with van der Waals surface area (Å²) >= 11 is 2.62. The van der Waals surface area contributed by atoms with Crippen LogP contribution >= 0.6 is 22.9 Å². The highest BCUT2D eigenvalue weighted by atomic mass is 32.1. The molecule has 0 saturated carbocycles. The molecule has 18 heavy (non-hydrogen) atoms. The van der Waals surface area contributed by atoms with Gasteiger partial charge < -0.3 is 10.4 Å². The fourth-order valence-electron chi connectivity index (χ4n) is 1.19. The Morgan fingerprint density at radius 1 is 1.50 bits per heavy atom. The highest BCUT2D eigenvalue weighted by Crippen LogP contribution is 2.15. The maximum absolute atomic E-state index is 11.6. The molecule has 2 heterocycles. The molecule has 0 spiro atoms. The van der Waals surface area contributed by atoms with Crippen molar-refractivity contribution in [3.8, 4) is 11.8 Å². The van der Waals surface area contributed by atoms with Gasteiger partial charge in [0, 0.05) is 10.3 Å². The summed E-state index contributed by atoms with van der Waals surface area (Å²) in [7, 11) is 0. The van der Waals surface area contributed by atoms with E-state index in [1.807, 2.05) is 12.1 Å². The second-order valence-electron chi connectivity index (χ2n) is 3.20. The van der Waals surface area contributed by atoms with E-state index in [0.29, 0.717) is 12.2 Å². The predicted octanol–water partition coefficient (Wildman–Crippen LogP) is 0.873. The second kappa shape index (κ2) is 6.26. The molecule has 2 aromatic rings. The van der Waals surface area contributed by atoms with Crippen LogP contribution in [0, 0.1) is 11.8 Å². The van der Waals surface area contributed by atoms with E-state index in [9.17, 15) is 4.79 Å². The molecule has 1 amide bonds. The first-order chi connectivity index (χ1) is 8.79. The summed E-state index contributed by atoms with van der Waals surface area (Å²) in [6.45, 7) is 0.280. The molecule has 2 aromatic heterocycles. The quantitative estimate of drug-likeness (QED) is 0.818. The van der Waals surface area contributed by atoms with Gasteiger partial charge in [0.05, 0.1) is 11.4 Å². The predicted molar refractivity (Wildman–Crippen MR) is 69.4 cm³/mol.